The highest BCUT2D eigenvalue weighted by Gasteiger charge is 2.53. The van der Waals surface area contributed by atoms with Crippen LogP contribution in [0.5, 0.6) is 0 Å². The third kappa shape index (κ3) is 3.12. The first-order valence-corrected chi connectivity index (χ1v) is 10.1. The minimum absolute atomic E-state index is 0.128. The number of hydrogen-bond acceptors (Lipinski definition) is 7. The summed E-state index contributed by atoms with van der Waals surface area (Å²) in [6.07, 6.45) is 1.82. The predicted octanol–water partition coefficient (Wildman–Crippen LogP) is 0.771. The minimum atomic E-state index is -3.11. The van der Waals surface area contributed by atoms with Gasteiger partial charge in [-0.25, -0.2) is 13.1 Å². The number of ether oxygens (including phenoxy) is 1. The molecule has 1 N–H and O–H groups in total. The van der Waals surface area contributed by atoms with Crippen molar-refractivity contribution in [1.82, 2.24) is 14.9 Å². The van der Waals surface area contributed by atoms with Crippen LogP contribution in [-0.2, 0) is 14.8 Å². The highest BCUT2D eigenvalue weighted by atomic mass is 32.2. The normalized spacial score (nSPS) is 23.9. The molecular weight excluding hydrogens is 324 g/mol. The fourth-order valence-corrected chi connectivity index (χ4v) is 4.50. The smallest absolute Gasteiger partial charge is 0.211 e. The van der Waals surface area contributed by atoms with Crippen LogP contribution in [0.2, 0.25) is 0 Å². The Bertz CT molecular complexity index is 625. The number of hydrogen-bond donors (Lipinski definition) is 1. The number of aryl methyl sites for hydroxylation is 1. The maximum Gasteiger partial charge on any atom is 0.211 e. The number of anilines is 1. The molecule has 1 spiro atoms. The van der Waals surface area contributed by atoms with E-state index in [1.807, 2.05) is 6.92 Å². The molecule has 0 aromatic carbocycles. The highest BCUT2D eigenvalue weighted by molar-refractivity contribution is 7.89. The van der Waals surface area contributed by atoms with Gasteiger partial charge in [-0.15, -0.1) is 10.2 Å². The monoisotopic (exact) mass is 346 g/mol. The van der Waals surface area contributed by atoms with Gasteiger partial charge in [0.2, 0.25) is 15.2 Å². The fourth-order valence-electron chi connectivity index (χ4n) is 3.18. The lowest BCUT2D eigenvalue weighted by Gasteiger charge is -2.50. The third-order valence-electron chi connectivity index (χ3n) is 4.50. The lowest BCUT2D eigenvalue weighted by molar-refractivity contribution is -0.0451. The van der Waals surface area contributed by atoms with Crippen molar-refractivity contribution in [2.75, 3.05) is 36.9 Å². The first-order chi connectivity index (χ1) is 10.4. The second-order valence-electron chi connectivity index (χ2n) is 5.94. The van der Waals surface area contributed by atoms with Crippen molar-refractivity contribution >= 4 is 26.5 Å². The van der Waals surface area contributed by atoms with Crippen LogP contribution in [-0.4, -0.2) is 56.2 Å². The second kappa shape index (κ2) is 6.03. The molecule has 2 saturated heterocycles. The summed E-state index contributed by atoms with van der Waals surface area (Å²) in [6, 6.07) is 0. The van der Waals surface area contributed by atoms with E-state index in [1.165, 1.54) is 0 Å². The average Bonchev–Trinajstić information content (AvgIpc) is 3.03. The van der Waals surface area contributed by atoms with E-state index in [-0.39, 0.29) is 11.4 Å². The van der Waals surface area contributed by atoms with E-state index < -0.39 is 10.0 Å². The Hall–Kier alpha value is -0.770. The van der Waals surface area contributed by atoms with Crippen LogP contribution in [0, 0.1) is 12.8 Å². The van der Waals surface area contributed by atoms with Gasteiger partial charge < -0.3 is 9.64 Å². The van der Waals surface area contributed by atoms with Gasteiger partial charge in [0.25, 0.3) is 0 Å². The Morgan fingerprint density at radius 2 is 2.23 bits per heavy atom. The van der Waals surface area contributed by atoms with Crippen LogP contribution in [0.4, 0.5) is 5.13 Å². The standard InChI is InChI=1S/C13H22N4O3S2/c1-3-22(18,19)14-6-4-11-5-7-20-13(11)8-17(9-13)12-16-15-10(2)21-12/h11,14H,3-9H2,1-2H3. The molecule has 3 rings (SSSR count). The molecule has 0 radical (unpaired) electrons. The van der Waals surface area contributed by atoms with Crippen molar-refractivity contribution in [3.63, 3.8) is 0 Å². The molecule has 124 valence electrons. The van der Waals surface area contributed by atoms with Gasteiger partial charge >= 0.3 is 0 Å². The SMILES string of the molecule is CCS(=O)(=O)NCCC1CCOC12CN(c1nnc(C)s1)C2. The first kappa shape index (κ1) is 16.1. The number of aromatic nitrogens is 2. The van der Waals surface area contributed by atoms with Crippen LogP contribution >= 0.6 is 11.3 Å². The number of rotatable bonds is 6. The topological polar surface area (TPSA) is 84.4 Å². The molecule has 2 aliphatic heterocycles. The summed E-state index contributed by atoms with van der Waals surface area (Å²) < 4.78 is 31.6. The largest absolute Gasteiger partial charge is 0.371 e. The number of nitrogens with zero attached hydrogens (tertiary/aromatic N) is 3. The fraction of sp³-hybridized carbons (Fsp3) is 0.846. The molecule has 1 aromatic heterocycles. The van der Waals surface area contributed by atoms with Crippen molar-refractivity contribution < 1.29 is 13.2 Å². The molecule has 1 unspecified atom stereocenters. The molecule has 1 aromatic rings. The number of nitrogens with one attached hydrogen (secondary N) is 1. The van der Waals surface area contributed by atoms with Gasteiger partial charge in [0.05, 0.1) is 18.8 Å². The molecular formula is C13H22N4O3S2. The molecule has 9 heteroatoms. The Balaban J connectivity index is 1.54. The maximum atomic E-state index is 11.5. The summed E-state index contributed by atoms with van der Waals surface area (Å²) in [5.41, 5.74) is -0.128. The average molecular weight is 346 g/mol. The Morgan fingerprint density at radius 3 is 2.86 bits per heavy atom. The summed E-state index contributed by atoms with van der Waals surface area (Å²) >= 11 is 1.60. The quantitative estimate of drug-likeness (QED) is 0.819. The Labute approximate surface area is 135 Å². The zero-order chi connectivity index (χ0) is 15.8. The highest BCUT2D eigenvalue weighted by Crippen LogP contribution is 2.43. The molecule has 0 amide bonds. The summed E-state index contributed by atoms with van der Waals surface area (Å²) in [4.78, 5) is 2.19. The van der Waals surface area contributed by atoms with Gasteiger partial charge in [-0.3, -0.25) is 0 Å². The van der Waals surface area contributed by atoms with E-state index in [2.05, 4.69) is 19.8 Å². The molecule has 22 heavy (non-hydrogen) atoms. The molecule has 2 aliphatic rings. The van der Waals surface area contributed by atoms with Gasteiger partial charge in [0.1, 0.15) is 10.6 Å². The van der Waals surface area contributed by atoms with Crippen molar-refractivity contribution in [2.24, 2.45) is 5.92 Å². The van der Waals surface area contributed by atoms with E-state index in [0.29, 0.717) is 12.5 Å². The lowest BCUT2D eigenvalue weighted by Crippen LogP contribution is -2.65. The predicted molar refractivity (Wildman–Crippen MR) is 85.7 cm³/mol. The van der Waals surface area contributed by atoms with Crippen molar-refractivity contribution in [2.45, 2.75) is 32.3 Å². The van der Waals surface area contributed by atoms with Gasteiger partial charge in [-0.1, -0.05) is 11.3 Å². The van der Waals surface area contributed by atoms with Crippen LogP contribution in [0.1, 0.15) is 24.8 Å². The third-order valence-corrected chi connectivity index (χ3v) is 6.80. The number of sulfonamides is 1. The van der Waals surface area contributed by atoms with Crippen molar-refractivity contribution in [3.05, 3.63) is 5.01 Å². The van der Waals surface area contributed by atoms with Crippen LogP contribution in [0.25, 0.3) is 0 Å². The summed E-state index contributed by atoms with van der Waals surface area (Å²) in [5, 5.41) is 10.1. The van der Waals surface area contributed by atoms with Gasteiger partial charge in [0.15, 0.2) is 0 Å². The van der Waals surface area contributed by atoms with Gasteiger partial charge in [-0.05, 0) is 32.6 Å². The van der Waals surface area contributed by atoms with E-state index in [4.69, 9.17) is 4.74 Å². The Morgan fingerprint density at radius 1 is 1.45 bits per heavy atom. The summed E-state index contributed by atoms with van der Waals surface area (Å²) in [5.74, 6) is 0.529. The van der Waals surface area contributed by atoms with E-state index in [9.17, 15) is 8.42 Å². The van der Waals surface area contributed by atoms with Gasteiger partial charge in [0, 0.05) is 13.2 Å². The lowest BCUT2D eigenvalue weighted by atomic mass is 9.79. The van der Waals surface area contributed by atoms with Crippen molar-refractivity contribution in [3.8, 4) is 0 Å². The van der Waals surface area contributed by atoms with Gasteiger partial charge in [-0.2, -0.15) is 0 Å². The molecule has 2 fully saturated rings. The van der Waals surface area contributed by atoms with E-state index in [1.54, 1.807) is 18.3 Å². The summed E-state index contributed by atoms with van der Waals surface area (Å²) in [6.45, 7) is 6.50. The van der Waals surface area contributed by atoms with E-state index in [0.717, 1.165) is 42.7 Å². The molecule has 0 bridgehead atoms. The first-order valence-electron chi connectivity index (χ1n) is 7.60. The second-order valence-corrected chi connectivity index (χ2v) is 9.20. The molecule has 3 heterocycles. The molecule has 7 nitrogen and oxygen atoms in total. The molecule has 1 atom stereocenters. The molecule has 0 aliphatic carbocycles. The van der Waals surface area contributed by atoms with Crippen LogP contribution < -0.4 is 9.62 Å². The van der Waals surface area contributed by atoms with Crippen LogP contribution in [0.3, 0.4) is 0 Å². The minimum Gasteiger partial charge on any atom is -0.371 e. The molecule has 0 saturated carbocycles. The van der Waals surface area contributed by atoms with Crippen LogP contribution in [0.15, 0.2) is 0 Å². The zero-order valence-electron chi connectivity index (χ0n) is 12.9. The Kier molecular flexibility index (Phi) is 4.41. The maximum absolute atomic E-state index is 11.5. The zero-order valence-corrected chi connectivity index (χ0v) is 14.5. The van der Waals surface area contributed by atoms with Crippen molar-refractivity contribution in [1.29, 1.82) is 0 Å². The summed E-state index contributed by atoms with van der Waals surface area (Å²) in [7, 11) is -3.11. The van der Waals surface area contributed by atoms with E-state index >= 15 is 0 Å².